The van der Waals surface area contributed by atoms with Crippen molar-refractivity contribution in [3.05, 3.63) is 53.3 Å². The second-order valence-corrected chi connectivity index (χ2v) is 4.32. The zero-order valence-corrected chi connectivity index (χ0v) is 11.2. The number of methoxy groups -OCH3 is 1. The van der Waals surface area contributed by atoms with E-state index in [4.69, 9.17) is 10.5 Å². The van der Waals surface area contributed by atoms with Gasteiger partial charge in [0.2, 0.25) is 0 Å². The van der Waals surface area contributed by atoms with E-state index in [0.717, 1.165) is 0 Å². The topological polar surface area (TPSA) is 64.3 Å². The molecule has 0 bridgehead atoms. The van der Waals surface area contributed by atoms with Crippen molar-refractivity contribution >= 4 is 23.0 Å². The molecule has 0 spiro atoms. The number of esters is 1. The lowest BCUT2D eigenvalue weighted by Gasteiger charge is -2.15. The fourth-order valence-electron chi connectivity index (χ4n) is 1.90. The molecule has 2 rings (SSSR count). The van der Waals surface area contributed by atoms with Crippen LogP contribution in [0.1, 0.15) is 15.9 Å². The predicted octanol–water partition coefficient (Wildman–Crippen LogP) is 3.25. The summed E-state index contributed by atoms with van der Waals surface area (Å²) in [7, 11) is 1.28. The summed E-state index contributed by atoms with van der Waals surface area (Å²) in [5.41, 5.74) is 7.81. The van der Waals surface area contributed by atoms with Gasteiger partial charge in [-0.3, -0.25) is 0 Å². The first-order valence-electron chi connectivity index (χ1n) is 6.03. The van der Waals surface area contributed by atoms with Crippen molar-refractivity contribution in [2.45, 2.75) is 6.92 Å². The van der Waals surface area contributed by atoms with Crippen molar-refractivity contribution in [2.75, 3.05) is 18.2 Å². The van der Waals surface area contributed by atoms with Gasteiger partial charge in [-0.2, -0.15) is 0 Å². The smallest absolute Gasteiger partial charge is 0.340 e. The fourth-order valence-corrected chi connectivity index (χ4v) is 1.90. The summed E-state index contributed by atoms with van der Waals surface area (Å²) in [5.74, 6) is -0.946. The van der Waals surface area contributed by atoms with Crippen molar-refractivity contribution in [2.24, 2.45) is 0 Å². The molecule has 0 aliphatic heterocycles. The second-order valence-electron chi connectivity index (χ2n) is 4.32. The lowest BCUT2D eigenvalue weighted by Crippen LogP contribution is -2.09. The van der Waals surface area contributed by atoms with Crippen molar-refractivity contribution in [1.29, 1.82) is 0 Å². The van der Waals surface area contributed by atoms with Crippen LogP contribution in [0.2, 0.25) is 0 Å². The first kappa shape index (κ1) is 13.9. The molecule has 104 valence electrons. The number of benzene rings is 2. The standard InChI is InChI=1S/C15H15FN2O2/c1-9-5-3-7-11(16)13(9)18-14-10(15(19)20-2)6-4-8-12(14)17/h3-8,18H,17H2,1-2H3. The monoisotopic (exact) mass is 274 g/mol. The van der Waals surface area contributed by atoms with E-state index < -0.39 is 11.8 Å². The van der Waals surface area contributed by atoms with E-state index in [1.807, 2.05) is 0 Å². The maximum Gasteiger partial charge on any atom is 0.340 e. The minimum atomic E-state index is -0.534. The Hall–Kier alpha value is -2.56. The van der Waals surface area contributed by atoms with Crippen LogP contribution in [0.25, 0.3) is 0 Å². The molecule has 0 aromatic heterocycles. The quantitative estimate of drug-likeness (QED) is 0.666. The van der Waals surface area contributed by atoms with E-state index >= 15 is 0 Å². The number of rotatable bonds is 3. The van der Waals surface area contributed by atoms with Crippen molar-refractivity contribution in [3.63, 3.8) is 0 Å². The van der Waals surface area contributed by atoms with Gasteiger partial charge < -0.3 is 15.8 Å². The molecule has 0 aliphatic carbocycles. The number of anilines is 3. The lowest BCUT2D eigenvalue weighted by molar-refractivity contribution is 0.0602. The van der Waals surface area contributed by atoms with Gasteiger partial charge in [-0.15, -0.1) is 0 Å². The molecule has 0 unspecified atom stereocenters. The Morgan fingerprint density at radius 3 is 2.55 bits per heavy atom. The Bertz CT molecular complexity index is 636. The number of nitrogens with one attached hydrogen (secondary N) is 1. The second kappa shape index (κ2) is 5.61. The number of ether oxygens (including phenoxy) is 1. The molecule has 0 radical (unpaired) electrons. The largest absolute Gasteiger partial charge is 0.465 e. The van der Waals surface area contributed by atoms with Crippen LogP contribution in [-0.2, 0) is 4.74 Å². The predicted molar refractivity (Wildman–Crippen MR) is 76.6 cm³/mol. The van der Waals surface area contributed by atoms with E-state index in [2.05, 4.69) is 5.32 Å². The Kier molecular flexibility index (Phi) is 3.89. The molecule has 20 heavy (non-hydrogen) atoms. The molecule has 0 amide bonds. The highest BCUT2D eigenvalue weighted by atomic mass is 19.1. The third kappa shape index (κ3) is 2.56. The summed E-state index contributed by atoms with van der Waals surface area (Å²) < 4.78 is 18.6. The highest BCUT2D eigenvalue weighted by Crippen LogP contribution is 2.30. The average molecular weight is 274 g/mol. The van der Waals surface area contributed by atoms with E-state index in [1.165, 1.54) is 13.2 Å². The molecule has 0 fully saturated rings. The van der Waals surface area contributed by atoms with Crippen molar-refractivity contribution in [3.8, 4) is 0 Å². The molecule has 3 N–H and O–H groups in total. The summed E-state index contributed by atoms with van der Waals surface area (Å²) >= 11 is 0. The summed E-state index contributed by atoms with van der Waals surface area (Å²) in [4.78, 5) is 11.7. The molecular weight excluding hydrogens is 259 g/mol. The average Bonchev–Trinajstić information content (AvgIpc) is 2.43. The van der Waals surface area contributed by atoms with Gasteiger partial charge >= 0.3 is 5.97 Å². The molecular formula is C15H15FN2O2. The highest BCUT2D eigenvalue weighted by Gasteiger charge is 2.16. The maximum atomic E-state index is 13.9. The number of nitrogen functional groups attached to an aromatic ring is 1. The lowest BCUT2D eigenvalue weighted by atomic mass is 10.1. The summed E-state index contributed by atoms with van der Waals surface area (Å²) in [5, 5.41) is 2.89. The molecule has 0 saturated carbocycles. The molecule has 2 aromatic rings. The fraction of sp³-hybridized carbons (Fsp3) is 0.133. The zero-order chi connectivity index (χ0) is 14.7. The van der Waals surface area contributed by atoms with Crippen LogP contribution in [0.4, 0.5) is 21.5 Å². The normalized spacial score (nSPS) is 10.2. The molecule has 2 aromatic carbocycles. The molecule has 0 heterocycles. The van der Waals surface area contributed by atoms with Gasteiger partial charge in [0, 0.05) is 0 Å². The first-order chi connectivity index (χ1) is 9.54. The summed E-state index contributed by atoms with van der Waals surface area (Å²) in [6.45, 7) is 1.77. The number of carbonyl (C=O) groups excluding carboxylic acids is 1. The molecule has 0 aliphatic rings. The van der Waals surface area contributed by atoms with Gasteiger partial charge in [-0.25, -0.2) is 9.18 Å². The number of halogens is 1. The van der Waals surface area contributed by atoms with E-state index in [0.29, 0.717) is 16.9 Å². The van der Waals surface area contributed by atoms with E-state index in [-0.39, 0.29) is 11.3 Å². The summed E-state index contributed by atoms with van der Waals surface area (Å²) in [6.07, 6.45) is 0. The number of hydrogen-bond acceptors (Lipinski definition) is 4. The Morgan fingerprint density at radius 2 is 1.90 bits per heavy atom. The van der Waals surface area contributed by atoms with Crippen LogP contribution in [-0.4, -0.2) is 13.1 Å². The van der Waals surface area contributed by atoms with Crippen LogP contribution in [0.3, 0.4) is 0 Å². The van der Waals surface area contributed by atoms with E-state index in [1.54, 1.807) is 37.3 Å². The third-order valence-electron chi connectivity index (χ3n) is 2.97. The van der Waals surface area contributed by atoms with Crippen LogP contribution in [0.15, 0.2) is 36.4 Å². The van der Waals surface area contributed by atoms with Gasteiger partial charge in [0.25, 0.3) is 0 Å². The van der Waals surface area contributed by atoms with Crippen LogP contribution in [0, 0.1) is 12.7 Å². The molecule has 0 saturated heterocycles. The Balaban J connectivity index is 2.51. The maximum absolute atomic E-state index is 13.9. The summed E-state index contributed by atoms with van der Waals surface area (Å²) in [6, 6.07) is 9.56. The number of para-hydroxylation sites is 2. The van der Waals surface area contributed by atoms with Gasteiger partial charge in [-0.05, 0) is 30.7 Å². The SMILES string of the molecule is COC(=O)c1cccc(N)c1Nc1c(C)cccc1F. The van der Waals surface area contributed by atoms with E-state index in [9.17, 15) is 9.18 Å². The van der Waals surface area contributed by atoms with Crippen molar-refractivity contribution in [1.82, 2.24) is 0 Å². The van der Waals surface area contributed by atoms with Crippen LogP contribution in [0.5, 0.6) is 0 Å². The number of carbonyl (C=O) groups is 1. The zero-order valence-electron chi connectivity index (χ0n) is 11.2. The van der Waals surface area contributed by atoms with Gasteiger partial charge in [0.05, 0.1) is 29.7 Å². The van der Waals surface area contributed by atoms with Gasteiger partial charge in [-0.1, -0.05) is 18.2 Å². The minimum Gasteiger partial charge on any atom is -0.465 e. The molecule has 4 nitrogen and oxygen atoms in total. The van der Waals surface area contributed by atoms with Crippen LogP contribution < -0.4 is 11.1 Å². The first-order valence-corrected chi connectivity index (χ1v) is 6.03. The highest BCUT2D eigenvalue weighted by molar-refractivity contribution is 6.00. The number of aryl methyl sites for hydroxylation is 1. The van der Waals surface area contributed by atoms with Crippen LogP contribution >= 0.6 is 0 Å². The Morgan fingerprint density at radius 1 is 1.20 bits per heavy atom. The van der Waals surface area contributed by atoms with Gasteiger partial charge in [0.1, 0.15) is 5.82 Å². The Labute approximate surface area is 116 Å². The number of nitrogens with two attached hydrogens (primary N) is 1. The minimum absolute atomic E-state index is 0.259. The molecule has 0 atom stereocenters. The van der Waals surface area contributed by atoms with Gasteiger partial charge in [0.15, 0.2) is 0 Å². The third-order valence-corrected chi connectivity index (χ3v) is 2.97. The van der Waals surface area contributed by atoms with Crippen molar-refractivity contribution < 1.29 is 13.9 Å². The molecule has 5 heteroatoms. The number of hydrogen-bond donors (Lipinski definition) is 2.